The summed E-state index contributed by atoms with van der Waals surface area (Å²) >= 11 is 5.73. The van der Waals surface area contributed by atoms with Crippen LogP contribution in [0.1, 0.15) is 26.2 Å². The third kappa shape index (κ3) is 4.76. The number of nitrogens with one attached hydrogen (secondary N) is 1. The predicted molar refractivity (Wildman–Crippen MR) is 79.1 cm³/mol. The first kappa shape index (κ1) is 15.9. The Morgan fingerprint density at radius 3 is 2.63 bits per heavy atom. The van der Waals surface area contributed by atoms with Gasteiger partial charge in [0.25, 0.3) is 0 Å². The highest BCUT2D eigenvalue weighted by Crippen LogP contribution is 2.33. The van der Waals surface area contributed by atoms with E-state index in [-0.39, 0.29) is 22.1 Å². The molecular weight excluding hydrogens is 269 g/mol. The van der Waals surface area contributed by atoms with E-state index in [2.05, 4.69) is 12.2 Å². The largest absolute Gasteiger partial charge is 0.397 e. The minimum Gasteiger partial charge on any atom is -0.397 e. The van der Waals surface area contributed by atoms with E-state index in [1.807, 2.05) is 0 Å². The lowest BCUT2D eigenvalue weighted by Gasteiger charge is -2.13. The fourth-order valence-corrected chi connectivity index (χ4v) is 1.73. The molecule has 0 unspecified atom stereocenters. The minimum absolute atomic E-state index is 0.101. The maximum atomic E-state index is 13.8. The van der Waals surface area contributed by atoms with Crippen LogP contribution < -0.4 is 16.8 Å². The average Bonchev–Trinajstić information content (AvgIpc) is 2.38. The van der Waals surface area contributed by atoms with Crippen LogP contribution in [0.15, 0.2) is 6.07 Å². The van der Waals surface area contributed by atoms with Gasteiger partial charge in [0.05, 0.1) is 17.1 Å². The molecule has 1 rings (SSSR count). The standard InChI is InChI=1S/C13H21ClFN3O/c1-2-3-6-19-7-4-5-18-13-10(17)8-9(16)11(14)12(13)15/h8,18H,2-7,16-17H2,1H3. The molecule has 0 radical (unpaired) electrons. The van der Waals surface area contributed by atoms with Crippen LogP contribution in [0.3, 0.4) is 0 Å². The zero-order valence-corrected chi connectivity index (χ0v) is 11.9. The van der Waals surface area contributed by atoms with Crippen molar-refractivity contribution >= 4 is 28.7 Å². The smallest absolute Gasteiger partial charge is 0.169 e. The highest BCUT2D eigenvalue weighted by Gasteiger charge is 2.13. The van der Waals surface area contributed by atoms with Gasteiger partial charge in [0.1, 0.15) is 5.02 Å². The van der Waals surface area contributed by atoms with Crippen LogP contribution in [0, 0.1) is 5.82 Å². The number of anilines is 3. The summed E-state index contributed by atoms with van der Waals surface area (Å²) in [6.45, 7) is 4.08. The minimum atomic E-state index is -0.605. The monoisotopic (exact) mass is 289 g/mol. The van der Waals surface area contributed by atoms with Gasteiger partial charge in [-0.25, -0.2) is 4.39 Å². The first-order chi connectivity index (χ1) is 9.07. The number of hydrogen-bond donors (Lipinski definition) is 3. The number of nitrogen functional groups attached to an aromatic ring is 2. The van der Waals surface area contributed by atoms with Gasteiger partial charge >= 0.3 is 0 Å². The number of hydrogen-bond acceptors (Lipinski definition) is 4. The van der Waals surface area contributed by atoms with E-state index in [1.165, 1.54) is 6.07 Å². The molecule has 0 bridgehead atoms. The van der Waals surface area contributed by atoms with E-state index in [1.54, 1.807) is 0 Å². The average molecular weight is 290 g/mol. The maximum absolute atomic E-state index is 13.8. The Labute approximate surface area is 118 Å². The molecule has 0 aromatic heterocycles. The van der Waals surface area contributed by atoms with Crippen molar-refractivity contribution in [3.05, 3.63) is 16.9 Å². The molecule has 0 saturated carbocycles. The Bertz CT molecular complexity index is 415. The number of nitrogens with two attached hydrogens (primary N) is 2. The second kappa shape index (κ2) is 8.07. The van der Waals surface area contributed by atoms with Gasteiger partial charge in [-0.1, -0.05) is 24.9 Å². The number of unbranched alkanes of at least 4 members (excludes halogenated alkanes) is 1. The van der Waals surface area contributed by atoms with Crippen molar-refractivity contribution in [2.75, 3.05) is 36.5 Å². The van der Waals surface area contributed by atoms with E-state index >= 15 is 0 Å². The first-order valence-corrected chi connectivity index (χ1v) is 6.80. The van der Waals surface area contributed by atoms with Crippen molar-refractivity contribution in [2.45, 2.75) is 26.2 Å². The molecule has 1 aromatic rings. The molecule has 108 valence electrons. The molecule has 0 amide bonds. The van der Waals surface area contributed by atoms with Gasteiger partial charge < -0.3 is 21.5 Å². The molecule has 5 N–H and O–H groups in total. The van der Waals surface area contributed by atoms with Crippen molar-refractivity contribution in [1.29, 1.82) is 0 Å². The molecule has 0 saturated heterocycles. The molecule has 0 atom stereocenters. The lowest BCUT2D eigenvalue weighted by Crippen LogP contribution is -2.10. The second-order valence-corrected chi connectivity index (χ2v) is 4.68. The van der Waals surface area contributed by atoms with Crippen LogP contribution in [-0.2, 0) is 4.74 Å². The third-order valence-electron chi connectivity index (χ3n) is 2.67. The van der Waals surface area contributed by atoms with Gasteiger partial charge in [-0.2, -0.15) is 0 Å². The summed E-state index contributed by atoms with van der Waals surface area (Å²) in [6.07, 6.45) is 2.94. The Kier molecular flexibility index (Phi) is 6.73. The van der Waals surface area contributed by atoms with Gasteiger partial charge in [-0.15, -0.1) is 0 Å². The molecule has 0 aliphatic carbocycles. The van der Waals surface area contributed by atoms with Crippen molar-refractivity contribution in [3.63, 3.8) is 0 Å². The molecule has 19 heavy (non-hydrogen) atoms. The molecule has 0 spiro atoms. The molecule has 1 aromatic carbocycles. The van der Waals surface area contributed by atoms with Gasteiger partial charge in [-0.05, 0) is 18.9 Å². The summed E-state index contributed by atoms with van der Waals surface area (Å²) < 4.78 is 19.2. The molecular formula is C13H21ClFN3O. The van der Waals surface area contributed by atoms with E-state index < -0.39 is 5.82 Å². The molecule has 0 aliphatic heterocycles. The second-order valence-electron chi connectivity index (χ2n) is 4.30. The first-order valence-electron chi connectivity index (χ1n) is 6.42. The van der Waals surface area contributed by atoms with Gasteiger partial charge in [0, 0.05) is 19.8 Å². The van der Waals surface area contributed by atoms with Crippen LogP contribution >= 0.6 is 11.6 Å². The molecule has 6 heteroatoms. The van der Waals surface area contributed by atoms with E-state index in [9.17, 15) is 4.39 Å². The third-order valence-corrected chi connectivity index (χ3v) is 3.06. The summed E-state index contributed by atoms with van der Waals surface area (Å²) in [5.74, 6) is -0.605. The summed E-state index contributed by atoms with van der Waals surface area (Å²) in [5, 5.41) is 2.82. The summed E-state index contributed by atoms with van der Waals surface area (Å²) in [5.41, 5.74) is 11.8. The number of benzene rings is 1. The lowest BCUT2D eigenvalue weighted by atomic mass is 10.2. The topological polar surface area (TPSA) is 73.3 Å². The van der Waals surface area contributed by atoms with Crippen LogP contribution in [0.25, 0.3) is 0 Å². The van der Waals surface area contributed by atoms with E-state index in [0.29, 0.717) is 13.2 Å². The molecule has 0 aliphatic rings. The Balaban J connectivity index is 2.39. The lowest BCUT2D eigenvalue weighted by molar-refractivity contribution is 0.131. The van der Waals surface area contributed by atoms with Gasteiger partial charge in [0.15, 0.2) is 5.82 Å². The van der Waals surface area contributed by atoms with Gasteiger partial charge in [0.2, 0.25) is 0 Å². The predicted octanol–water partition coefficient (Wildman–Crippen LogP) is 3.26. The Morgan fingerprint density at radius 1 is 1.26 bits per heavy atom. The summed E-state index contributed by atoms with van der Waals surface area (Å²) in [6, 6.07) is 1.45. The fraction of sp³-hybridized carbons (Fsp3) is 0.538. The van der Waals surface area contributed by atoms with E-state index in [0.717, 1.165) is 25.9 Å². The van der Waals surface area contributed by atoms with Crippen LogP contribution in [-0.4, -0.2) is 19.8 Å². The van der Waals surface area contributed by atoms with Gasteiger partial charge in [-0.3, -0.25) is 0 Å². The highest BCUT2D eigenvalue weighted by molar-refractivity contribution is 6.33. The number of ether oxygens (including phenoxy) is 1. The Morgan fingerprint density at radius 2 is 1.95 bits per heavy atom. The Hall–Kier alpha value is -1.20. The van der Waals surface area contributed by atoms with Crippen LogP contribution in [0.5, 0.6) is 0 Å². The fourth-order valence-electron chi connectivity index (χ4n) is 1.58. The number of rotatable bonds is 8. The van der Waals surface area contributed by atoms with Crippen molar-refractivity contribution in [2.24, 2.45) is 0 Å². The zero-order valence-electron chi connectivity index (χ0n) is 11.1. The summed E-state index contributed by atoms with van der Waals surface area (Å²) in [7, 11) is 0. The number of halogens is 2. The zero-order chi connectivity index (χ0) is 14.3. The highest BCUT2D eigenvalue weighted by atomic mass is 35.5. The van der Waals surface area contributed by atoms with E-state index in [4.69, 9.17) is 27.8 Å². The SMILES string of the molecule is CCCCOCCCNc1c(N)cc(N)c(Cl)c1F. The summed E-state index contributed by atoms with van der Waals surface area (Å²) in [4.78, 5) is 0. The quantitative estimate of drug-likeness (QED) is 0.507. The molecule has 0 fully saturated rings. The van der Waals surface area contributed by atoms with Crippen molar-refractivity contribution < 1.29 is 9.13 Å². The molecule has 4 nitrogen and oxygen atoms in total. The normalized spacial score (nSPS) is 10.7. The van der Waals surface area contributed by atoms with Crippen LogP contribution in [0.4, 0.5) is 21.5 Å². The molecule has 0 heterocycles. The van der Waals surface area contributed by atoms with Crippen molar-refractivity contribution in [3.8, 4) is 0 Å². The maximum Gasteiger partial charge on any atom is 0.169 e. The van der Waals surface area contributed by atoms with Crippen molar-refractivity contribution in [1.82, 2.24) is 0 Å². The van der Waals surface area contributed by atoms with Crippen LogP contribution in [0.2, 0.25) is 5.02 Å².